The lowest BCUT2D eigenvalue weighted by molar-refractivity contribution is 0.0254. The third-order valence-corrected chi connectivity index (χ3v) is 4.18. The Morgan fingerprint density at radius 2 is 2.21 bits per heavy atom. The molecule has 2 N–H and O–H groups in total. The summed E-state index contributed by atoms with van der Waals surface area (Å²) in [5.74, 6) is 0.511. The largest absolute Gasteiger partial charge is 0.386 e. The predicted molar refractivity (Wildman–Crippen MR) is 89.7 cm³/mol. The highest BCUT2D eigenvalue weighted by atomic mass is 16.3. The number of carbonyl (C=O) groups is 1. The number of aliphatic hydroxyl groups is 1. The van der Waals surface area contributed by atoms with Crippen molar-refractivity contribution in [2.45, 2.75) is 25.4 Å². The number of nitrogens with zero attached hydrogens (tertiary/aromatic N) is 4. The highest BCUT2D eigenvalue weighted by molar-refractivity contribution is 5.93. The smallest absolute Gasteiger partial charge is 0.252 e. The minimum Gasteiger partial charge on any atom is -0.386 e. The molecule has 2 aromatic rings. The minimum absolute atomic E-state index is 0.191. The molecule has 7 heteroatoms. The standard InChI is InChI=1S/C17H21N5O2/c1-13-3-4-14(9-20-13)16(23)21-11-17(24)5-2-8-22(12-17)15-10-18-6-7-19-15/h3-4,6-7,9-10,24H,2,5,8,11-12H2,1H3,(H,21,23)/t17-/m1/s1. The third kappa shape index (κ3) is 3.86. The number of piperidine rings is 1. The van der Waals surface area contributed by atoms with Gasteiger partial charge >= 0.3 is 0 Å². The number of carbonyl (C=O) groups excluding carboxylic acids is 1. The van der Waals surface area contributed by atoms with Gasteiger partial charge in [-0.2, -0.15) is 0 Å². The molecule has 1 atom stereocenters. The molecule has 1 saturated heterocycles. The number of anilines is 1. The molecule has 3 rings (SSSR count). The van der Waals surface area contributed by atoms with E-state index in [1.807, 2.05) is 11.8 Å². The first kappa shape index (κ1) is 16.3. The van der Waals surface area contributed by atoms with Crippen LogP contribution in [0.1, 0.15) is 28.9 Å². The van der Waals surface area contributed by atoms with E-state index in [0.717, 1.165) is 24.5 Å². The number of rotatable bonds is 4. The summed E-state index contributed by atoms with van der Waals surface area (Å²) in [7, 11) is 0. The fraction of sp³-hybridized carbons (Fsp3) is 0.412. The van der Waals surface area contributed by atoms with Crippen molar-refractivity contribution >= 4 is 11.7 Å². The zero-order valence-corrected chi connectivity index (χ0v) is 13.6. The van der Waals surface area contributed by atoms with Crippen LogP contribution in [0.4, 0.5) is 5.82 Å². The molecule has 2 aromatic heterocycles. The van der Waals surface area contributed by atoms with Gasteiger partial charge in [0.15, 0.2) is 0 Å². The maximum absolute atomic E-state index is 12.2. The van der Waals surface area contributed by atoms with Crippen LogP contribution in [0.3, 0.4) is 0 Å². The zero-order valence-electron chi connectivity index (χ0n) is 13.6. The molecule has 1 aliphatic heterocycles. The Bertz CT molecular complexity index is 692. The number of hydrogen-bond donors (Lipinski definition) is 2. The second-order valence-corrected chi connectivity index (χ2v) is 6.18. The molecule has 7 nitrogen and oxygen atoms in total. The van der Waals surface area contributed by atoms with Gasteiger partial charge in [-0.3, -0.25) is 14.8 Å². The van der Waals surface area contributed by atoms with Gasteiger partial charge < -0.3 is 15.3 Å². The number of aryl methyl sites for hydroxylation is 1. The quantitative estimate of drug-likeness (QED) is 0.868. The monoisotopic (exact) mass is 327 g/mol. The molecule has 0 radical (unpaired) electrons. The average molecular weight is 327 g/mol. The summed E-state index contributed by atoms with van der Waals surface area (Å²) in [4.78, 5) is 26.6. The van der Waals surface area contributed by atoms with Crippen LogP contribution in [0.25, 0.3) is 0 Å². The van der Waals surface area contributed by atoms with Crippen molar-refractivity contribution in [3.63, 3.8) is 0 Å². The first-order valence-corrected chi connectivity index (χ1v) is 8.00. The summed E-state index contributed by atoms with van der Waals surface area (Å²) in [6.07, 6.45) is 7.94. The second-order valence-electron chi connectivity index (χ2n) is 6.18. The lowest BCUT2D eigenvalue weighted by Gasteiger charge is -2.39. The SMILES string of the molecule is Cc1ccc(C(=O)NC[C@]2(O)CCCN(c3cnccn3)C2)cn1. The Balaban J connectivity index is 1.61. The van der Waals surface area contributed by atoms with E-state index in [1.165, 1.54) is 0 Å². The molecule has 126 valence electrons. The Morgan fingerprint density at radius 3 is 2.92 bits per heavy atom. The van der Waals surface area contributed by atoms with Crippen LogP contribution in [0.15, 0.2) is 36.9 Å². The highest BCUT2D eigenvalue weighted by Crippen LogP contribution is 2.24. The van der Waals surface area contributed by atoms with Gasteiger partial charge in [-0.15, -0.1) is 0 Å². The topological polar surface area (TPSA) is 91.2 Å². The third-order valence-electron chi connectivity index (χ3n) is 4.18. The molecule has 1 amide bonds. The van der Waals surface area contributed by atoms with Crippen molar-refractivity contribution in [2.24, 2.45) is 0 Å². The molecular formula is C17H21N5O2. The summed E-state index contributed by atoms with van der Waals surface area (Å²) in [5.41, 5.74) is 0.367. The molecular weight excluding hydrogens is 306 g/mol. The van der Waals surface area contributed by atoms with Crippen LogP contribution in [0, 0.1) is 6.92 Å². The van der Waals surface area contributed by atoms with Crippen LogP contribution in [0.2, 0.25) is 0 Å². The predicted octanol–water partition coefficient (Wildman–Crippen LogP) is 0.941. The van der Waals surface area contributed by atoms with Crippen LogP contribution in [0.5, 0.6) is 0 Å². The van der Waals surface area contributed by atoms with Gasteiger partial charge in [-0.1, -0.05) is 0 Å². The van der Waals surface area contributed by atoms with Gasteiger partial charge in [0.05, 0.1) is 17.4 Å². The van der Waals surface area contributed by atoms with Gasteiger partial charge in [0.25, 0.3) is 5.91 Å². The highest BCUT2D eigenvalue weighted by Gasteiger charge is 2.34. The van der Waals surface area contributed by atoms with Crippen molar-refractivity contribution in [2.75, 3.05) is 24.5 Å². The molecule has 0 aromatic carbocycles. The zero-order chi connectivity index (χ0) is 17.0. The molecule has 24 heavy (non-hydrogen) atoms. The van der Waals surface area contributed by atoms with E-state index >= 15 is 0 Å². The molecule has 0 spiro atoms. The van der Waals surface area contributed by atoms with Crippen LogP contribution < -0.4 is 10.2 Å². The number of β-amino-alcohol motifs (C(OH)–C–C–N with tert-alkyl or cyclic N) is 1. The first-order valence-electron chi connectivity index (χ1n) is 8.00. The fourth-order valence-corrected chi connectivity index (χ4v) is 2.86. The normalized spacial score (nSPS) is 20.7. The second kappa shape index (κ2) is 6.92. The lowest BCUT2D eigenvalue weighted by atomic mass is 9.92. The molecule has 0 saturated carbocycles. The van der Waals surface area contributed by atoms with Crippen LogP contribution >= 0.6 is 0 Å². The van der Waals surface area contributed by atoms with Gasteiger partial charge in [-0.25, -0.2) is 4.98 Å². The average Bonchev–Trinajstić information content (AvgIpc) is 2.61. The summed E-state index contributed by atoms with van der Waals surface area (Å²) in [5, 5.41) is 13.6. The Hall–Kier alpha value is -2.54. The van der Waals surface area contributed by atoms with E-state index in [-0.39, 0.29) is 12.5 Å². The molecule has 1 aliphatic rings. The van der Waals surface area contributed by atoms with Gasteiger partial charge in [0.1, 0.15) is 5.82 Å². The lowest BCUT2D eigenvalue weighted by Crippen LogP contribution is -2.54. The van der Waals surface area contributed by atoms with Crippen molar-refractivity contribution in [3.8, 4) is 0 Å². The first-order chi connectivity index (χ1) is 11.6. The number of aromatic nitrogens is 3. The number of nitrogens with one attached hydrogen (secondary N) is 1. The van der Waals surface area contributed by atoms with Crippen LogP contribution in [-0.2, 0) is 0 Å². The number of pyridine rings is 1. The summed E-state index contributed by atoms with van der Waals surface area (Å²) >= 11 is 0. The molecule has 0 unspecified atom stereocenters. The van der Waals surface area contributed by atoms with Gasteiger partial charge in [0.2, 0.25) is 0 Å². The van der Waals surface area contributed by atoms with Crippen molar-refractivity contribution in [3.05, 3.63) is 48.2 Å². The van der Waals surface area contributed by atoms with Gasteiger partial charge in [0, 0.05) is 43.9 Å². The summed E-state index contributed by atoms with van der Waals surface area (Å²) in [6, 6.07) is 3.52. The minimum atomic E-state index is -0.983. The summed E-state index contributed by atoms with van der Waals surface area (Å²) < 4.78 is 0. The Labute approximate surface area is 140 Å². The number of amides is 1. The van der Waals surface area contributed by atoms with Crippen molar-refractivity contribution in [1.29, 1.82) is 0 Å². The van der Waals surface area contributed by atoms with Crippen molar-refractivity contribution in [1.82, 2.24) is 20.3 Å². The van der Waals surface area contributed by atoms with Gasteiger partial charge in [-0.05, 0) is 31.9 Å². The van der Waals surface area contributed by atoms with Crippen LogP contribution in [-0.4, -0.2) is 51.2 Å². The Kier molecular flexibility index (Phi) is 4.71. The van der Waals surface area contributed by atoms with E-state index in [0.29, 0.717) is 18.5 Å². The van der Waals surface area contributed by atoms with Crippen molar-refractivity contribution < 1.29 is 9.90 Å². The van der Waals surface area contributed by atoms with E-state index < -0.39 is 5.60 Å². The van der Waals surface area contributed by atoms with E-state index in [9.17, 15) is 9.90 Å². The number of hydrogen-bond acceptors (Lipinski definition) is 6. The Morgan fingerprint density at radius 1 is 1.33 bits per heavy atom. The van der Waals surface area contributed by atoms with E-state index in [4.69, 9.17) is 0 Å². The molecule has 0 bridgehead atoms. The maximum atomic E-state index is 12.2. The van der Waals surface area contributed by atoms with E-state index in [1.54, 1.807) is 36.9 Å². The molecule has 3 heterocycles. The molecule has 0 aliphatic carbocycles. The molecule has 1 fully saturated rings. The maximum Gasteiger partial charge on any atom is 0.252 e. The fourth-order valence-electron chi connectivity index (χ4n) is 2.86. The van der Waals surface area contributed by atoms with E-state index in [2.05, 4.69) is 20.3 Å². The summed E-state index contributed by atoms with van der Waals surface area (Å²) in [6.45, 7) is 3.29.